The van der Waals surface area contributed by atoms with Crippen molar-refractivity contribution in [3.63, 3.8) is 0 Å². The zero-order chi connectivity index (χ0) is 15.8. The lowest BCUT2D eigenvalue weighted by Crippen LogP contribution is -2.28. The summed E-state index contributed by atoms with van der Waals surface area (Å²) in [7, 11) is 0. The van der Waals surface area contributed by atoms with E-state index in [9.17, 15) is 4.79 Å². The molecule has 1 amide bonds. The monoisotopic (exact) mass is 311 g/mol. The molecule has 23 heavy (non-hydrogen) atoms. The summed E-state index contributed by atoms with van der Waals surface area (Å²) in [4.78, 5) is 16.7. The van der Waals surface area contributed by atoms with Crippen LogP contribution in [-0.2, 0) is 19.6 Å². The van der Waals surface area contributed by atoms with Crippen molar-refractivity contribution in [1.29, 1.82) is 0 Å². The van der Waals surface area contributed by atoms with Crippen LogP contribution in [-0.4, -0.2) is 36.8 Å². The molecule has 0 aliphatic carbocycles. The number of carbonyl (C=O) groups excluding carboxylic acids is 1. The lowest BCUT2D eigenvalue weighted by atomic mass is 10.2. The van der Waals surface area contributed by atoms with E-state index < -0.39 is 0 Å². The van der Waals surface area contributed by atoms with Crippen molar-refractivity contribution in [3.05, 3.63) is 47.2 Å². The van der Waals surface area contributed by atoms with Gasteiger partial charge >= 0.3 is 0 Å². The Hall–Kier alpha value is -2.74. The quantitative estimate of drug-likeness (QED) is 0.724. The molecule has 0 aromatic carbocycles. The van der Waals surface area contributed by atoms with Crippen LogP contribution in [0.4, 0.5) is 0 Å². The summed E-state index contributed by atoms with van der Waals surface area (Å²) >= 11 is 0. The first kappa shape index (κ1) is 13.9. The molecule has 8 nitrogen and oxygen atoms in total. The molecule has 118 valence electrons. The zero-order valence-electron chi connectivity index (χ0n) is 12.8. The predicted molar refractivity (Wildman–Crippen MR) is 82.8 cm³/mol. The van der Waals surface area contributed by atoms with Gasteiger partial charge in [0.05, 0.1) is 41.9 Å². The van der Waals surface area contributed by atoms with Crippen molar-refractivity contribution in [1.82, 2.24) is 35.0 Å². The Bertz CT molecular complexity index is 856. The average Bonchev–Trinajstić information content (AvgIpc) is 3.19. The molecule has 0 bridgehead atoms. The third-order valence-corrected chi connectivity index (χ3v) is 4.05. The number of carbonyl (C=O) groups is 1. The van der Waals surface area contributed by atoms with Gasteiger partial charge in [-0.05, 0) is 13.0 Å². The van der Waals surface area contributed by atoms with Crippen molar-refractivity contribution in [2.24, 2.45) is 0 Å². The van der Waals surface area contributed by atoms with Gasteiger partial charge in [-0.2, -0.15) is 10.2 Å². The van der Waals surface area contributed by atoms with Gasteiger partial charge in [-0.1, -0.05) is 0 Å². The van der Waals surface area contributed by atoms with Crippen LogP contribution in [0, 0.1) is 6.92 Å². The number of nitrogens with one attached hydrogen (secondary N) is 2. The zero-order valence-corrected chi connectivity index (χ0v) is 12.8. The standard InChI is InChI=1S/C15H17N7O/c1-10-13(9-17-14-2-3-19-22(10)14)15(23)18-7-11-6-12-8-16-4-5-21(12)20-11/h2-3,6,9,16H,4-5,7-8H2,1H3,(H,18,23). The molecule has 4 rings (SSSR count). The molecule has 0 atom stereocenters. The van der Waals surface area contributed by atoms with E-state index in [1.165, 1.54) is 0 Å². The Labute approximate surface area is 132 Å². The number of amides is 1. The van der Waals surface area contributed by atoms with Crippen LogP contribution in [0.1, 0.15) is 27.4 Å². The number of hydrogen-bond acceptors (Lipinski definition) is 5. The van der Waals surface area contributed by atoms with E-state index in [0.717, 1.165) is 42.4 Å². The third-order valence-electron chi connectivity index (χ3n) is 4.05. The minimum Gasteiger partial charge on any atom is -0.346 e. The first-order chi connectivity index (χ1) is 11.2. The van der Waals surface area contributed by atoms with Crippen molar-refractivity contribution >= 4 is 11.6 Å². The highest BCUT2D eigenvalue weighted by atomic mass is 16.1. The molecule has 0 radical (unpaired) electrons. The second-order valence-electron chi connectivity index (χ2n) is 5.57. The number of hydrogen-bond donors (Lipinski definition) is 2. The van der Waals surface area contributed by atoms with E-state index in [0.29, 0.717) is 12.1 Å². The van der Waals surface area contributed by atoms with Gasteiger partial charge in [-0.25, -0.2) is 9.50 Å². The molecule has 0 fully saturated rings. The second kappa shape index (κ2) is 5.47. The molecule has 0 spiro atoms. The molecule has 0 saturated carbocycles. The van der Waals surface area contributed by atoms with Gasteiger partial charge in [0.2, 0.25) is 0 Å². The Morgan fingerprint density at radius 2 is 2.39 bits per heavy atom. The van der Waals surface area contributed by atoms with Gasteiger partial charge in [0.25, 0.3) is 5.91 Å². The molecule has 3 aromatic rings. The summed E-state index contributed by atoms with van der Waals surface area (Å²) in [5.41, 5.74) is 4.03. The van der Waals surface area contributed by atoms with Gasteiger partial charge in [-0.15, -0.1) is 0 Å². The second-order valence-corrected chi connectivity index (χ2v) is 5.57. The highest BCUT2D eigenvalue weighted by Gasteiger charge is 2.15. The number of nitrogens with zero attached hydrogens (tertiary/aromatic N) is 5. The van der Waals surface area contributed by atoms with Crippen LogP contribution in [0.15, 0.2) is 24.5 Å². The Morgan fingerprint density at radius 3 is 3.26 bits per heavy atom. The lowest BCUT2D eigenvalue weighted by molar-refractivity contribution is 0.0948. The third kappa shape index (κ3) is 2.46. The van der Waals surface area contributed by atoms with Crippen LogP contribution in [0.5, 0.6) is 0 Å². The van der Waals surface area contributed by atoms with Crippen LogP contribution >= 0.6 is 0 Å². The molecule has 0 saturated heterocycles. The largest absolute Gasteiger partial charge is 0.346 e. The van der Waals surface area contributed by atoms with Crippen molar-refractivity contribution in [2.75, 3.05) is 6.54 Å². The van der Waals surface area contributed by atoms with Gasteiger partial charge in [0, 0.05) is 25.4 Å². The molecule has 3 aromatic heterocycles. The maximum Gasteiger partial charge on any atom is 0.255 e. The normalized spacial score (nSPS) is 14.0. The Kier molecular flexibility index (Phi) is 3.30. The number of fused-ring (bicyclic) bond motifs is 2. The molecule has 0 unspecified atom stereocenters. The van der Waals surface area contributed by atoms with Crippen LogP contribution in [0.2, 0.25) is 0 Å². The molecule has 2 N–H and O–H groups in total. The Morgan fingerprint density at radius 1 is 1.48 bits per heavy atom. The lowest BCUT2D eigenvalue weighted by Gasteiger charge is -2.13. The summed E-state index contributed by atoms with van der Waals surface area (Å²) in [6, 6.07) is 3.83. The fourth-order valence-electron chi connectivity index (χ4n) is 2.82. The highest BCUT2D eigenvalue weighted by molar-refractivity contribution is 5.95. The summed E-state index contributed by atoms with van der Waals surface area (Å²) in [5.74, 6) is -0.170. The van der Waals surface area contributed by atoms with E-state index >= 15 is 0 Å². The van der Waals surface area contributed by atoms with Crippen LogP contribution in [0.3, 0.4) is 0 Å². The number of rotatable bonds is 3. The van der Waals surface area contributed by atoms with Crippen LogP contribution < -0.4 is 10.6 Å². The first-order valence-corrected chi connectivity index (χ1v) is 7.56. The molecule has 8 heteroatoms. The van der Waals surface area contributed by atoms with Gasteiger partial charge in [-0.3, -0.25) is 9.48 Å². The summed E-state index contributed by atoms with van der Waals surface area (Å²) in [6.45, 7) is 4.87. The van der Waals surface area contributed by atoms with E-state index in [1.807, 2.05) is 17.7 Å². The van der Waals surface area contributed by atoms with Gasteiger partial charge in [0.1, 0.15) is 0 Å². The SMILES string of the molecule is Cc1c(C(=O)NCc2cc3n(n2)CCNC3)cnc2ccnn12. The minimum atomic E-state index is -0.170. The minimum absolute atomic E-state index is 0.170. The molecule has 1 aliphatic heterocycles. The van der Waals surface area contributed by atoms with E-state index in [1.54, 1.807) is 23.0 Å². The van der Waals surface area contributed by atoms with E-state index in [2.05, 4.69) is 25.8 Å². The average molecular weight is 311 g/mol. The van der Waals surface area contributed by atoms with Crippen molar-refractivity contribution in [2.45, 2.75) is 26.6 Å². The smallest absolute Gasteiger partial charge is 0.255 e. The first-order valence-electron chi connectivity index (χ1n) is 7.56. The van der Waals surface area contributed by atoms with Crippen LogP contribution in [0.25, 0.3) is 5.65 Å². The van der Waals surface area contributed by atoms with E-state index in [4.69, 9.17) is 0 Å². The molecular formula is C15H17N7O. The topological polar surface area (TPSA) is 89.1 Å². The molecular weight excluding hydrogens is 294 g/mol. The highest BCUT2D eigenvalue weighted by Crippen LogP contribution is 2.10. The Balaban J connectivity index is 1.50. The number of aryl methyl sites for hydroxylation is 1. The summed E-state index contributed by atoms with van der Waals surface area (Å²) in [6.07, 6.45) is 3.25. The fourth-order valence-corrected chi connectivity index (χ4v) is 2.82. The number of aromatic nitrogens is 5. The predicted octanol–water partition coefficient (Wildman–Crippen LogP) is 0.267. The van der Waals surface area contributed by atoms with Gasteiger partial charge < -0.3 is 10.6 Å². The van der Waals surface area contributed by atoms with Crippen molar-refractivity contribution in [3.8, 4) is 0 Å². The maximum absolute atomic E-state index is 12.4. The molecule has 1 aliphatic rings. The fraction of sp³-hybridized carbons (Fsp3) is 0.333. The summed E-state index contributed by atoms with van der Waals surface area (Å²) in [5, 5.41) is 14.9. The van der Waals surface area contributed by atoms with E-state index in [-0.39, 0.29) is 5.91 Å². The van der Waals surface area contributed by atoms with Gasteiger partial charge in [0.15, 0.2) is 5.65 Å². The van der Waals surface area contributed by atoms with Crippen molar-refractivity contribution < 1.29 is 4.79 Å². The summed E-state index contributed by atoms with van der Waals surface area (Å²) < 4.78 is 3.65. The molecule has 4 heterocycles. The maximum atomic E-state index is 12.4.